The summed E-state index contributed by atoms with van der Waals surface area (Å²) in [5.41, 5.74) is 1.44. The van der Waals surface area contributed by atoms with Crippen LogP contribution in [-0.2, 0) is 0 Å². The maximum Gasteiger partial charge on any atom is 0.252 e. The van der Waals surface area contributed by atoms with Gasteiger partial charge in [0.1, 0.15) is 5.82 Å². The summed E-state index contributed by atoms with van der Waals surface area (Å²) in [4.78, 5) is 12.3. The summed E-state index contributed by atoms with van der Waals surface area (Å²) in [6, 6.07) is 14.0. The molecule has 1 atom stereocenters. The molecular formula is C18H20BrFN2O. The van der Waals surface area contributed by atoms with Crippen molar-refractivity contribution in [2.75, 3.05) is 11.9 Å². The molecule has 23 heavy (non-hydrogen) atoms. The normalized spacial score (nSPS) is 12.0. The fourth-order valence-corrected chi connectivity index (χ4v) is 2.70. The molecule has 0 saturated heterocycles. The molecule has 0 bridgehead atoms. The van der Waals surface area contributed by atoms with E-state index in [1.807, 2.05) is 30.3 Å². The summed E-state index contributed by atoms with van der Waals surface area (Å²) < 4.78 is 13.6. The number of nitrogens with one attached hydrogen (secondary N) is 2. The molecule has 2 aromatic rings. The van der Waals surface area contributed by atoms with Gasteiger partial charge >= 0.3 is 0 Å². The van der Waals surface area contributed by atoms with Gasteiger partial charge in [-0.15, -0.1) is 0 Å². The van der Waals surface area contributed by atoms with Crippen LogP contribution in [0.5, 0.6) is 0 Å². The highest BCUT2D eigenvalue weighted by Crippen LogP contribution is 2.18. The zero-order chi connectivity index (χ0) is 16.8. The predicted octanol–water partition coefficient (Wildman–Crippen LogP) is 4.45. The van der Waals surface area contributed by atoms with Crippen molar-refractivity contribution < 1.29 is 9.18 Å². The summed E-state index contributed by atoms with van der Waals surface area (Å²) in [6.07, 6.45) is 0. The van der Waals surface area contributed by atoms with E-state index in [0.717, 1.165) is 5.69 Å². The summed E-state index contributed by atoms with van der Waals surface area (Å²) in [7, 11) is 0. The number of carbonyl (C=O) groups excluding carboxylic acids is 1. The molecule has 0 radical (unpaired) electrons. The van der Waals surface area contributed by atoms with Gasteiger partial charge < -0.3 is 10.6 Å². The highest BCUT2D eigenvalue weighted by molar-refractivity contribution is 9.10. The molecule has 5 heteroatoms. The number of rotatable bonds is 6. The second-order valence-electron chi connectivity index (χ2n) is 5.70. The van der Waals surface area contributed by atoms with Gasteiger partial charge in [0.25, 0.3) is 5.91 Å². The molecule has 0 aliphatic rings. The highest BCUT2D eigenvalue weighted by atomic mass is 79.9. The van der Waals surface area contributed by atoms with E-state index in [9.17, 15) is 9.18 Å². The van der Waals surface area contributed by atoms with Gasteiger partial charge in [0, 0.05) is 22.7 Å². The first-order valence-electron chi connectivity index (χ1n) is 7.52. The average Bonchev–Trinajstić information content (AvgIpc) is 2.51. The van der Waals surface area contributed by atoms with Crippen molar-refractivity contribution in [3.8, 4) is 0 Å². The van der Waals surface area contributed by atoms with Crippen LogP contribution in [0, 0.1) is 11.7 Å². The number of para-hydroxylation sites is 1. The van der Waals surface area contributed by atoms with Crippen molar-refractivity contribution in [3.63, 3.8) is 0 Å². The molecule has 0 aliphatic heterocycles. The van der Waals surface area contributed by atoms with Crippen LogP contribution in [-0.4, -0.2) is 18.5 Å². The Morgan fingerprint density at radius 3 is 2.48 bits per heavy atom. The third kappa shape index (κ3) is 5.06. The molecule has 0 aromatic heterocycles. The first-order chi connectivity index (χ1) is 11.0. The Morgan fingerprint density at radius 1 is 1.17 bits per heavy atom. The minimum absolute atomic E-state index is 0.0978. The highest BCUT2D eigenvalue weighted by Gasteiger charge is 2.16. The monoisotopic (exact) mass is 378 g/mol. The molecule has 2 N–H and O–H groups in total. The van der Waals surface area contributed by atoms with E-state index in [0.29, 0.717) is 22.5 Å². The van der Waals surface area contributed by atoms with Gasteiger partial charge in [-0.25, -0.2) is 4.39 Å². The lowest BCUT2D eigenvalue weighted by Gasteiger charge is -2.24. The number of amides is 1. The molecule has 0 saturated carbocycles. The van der Waals surface area contributed by atoms with Gasteiger partial charge in [0.05, 0.1) is 5.56 Å². The lowest BCUT2D eigenvalue weighted by Crippen LogP contribution is -2.39. The molecule has 0 fully saturated rings. The van der Waals surface area contributed by atoms with Gasteiger partial charge in [0.15, 0.2) is 0 Å². The van der Waals surface area contributed by atoms with Crippen LogP contribution in [0.15, 0.2) is 53.0 Å². The van der Waals surface area contributed by atoms with Crippen LogP contribution in [0.4, 0.5) is 10.1 Å². The second-order valence-corrected chi connectivity index (χ2v) is 6.55. The molecule has 1 amide bonds. The Balaban J connectivity index is 1.99. The molecular weight excluding hydrogens is 359 g/mol. The minimum atomic E-state index is -0.376. The Labute approximate surface area is 144 Å². The third-order valence-corrected chi connectivity index (χ3v) is 4.24. The van der Waals surface area contributed by atoms with E-state index < -0.39 is 0 Å². The van der Waals surface area contributed by atoms with Crippen LogP contribution < -0.4 is 10.6 Å². The molecule has 0 spiro atoms. The van der Waals surface area contributed by atoms with E-state index in [-0.39, 0.29) is 17.8 Å². The van der Waals surface area contributed by atoms with Gasteiger partial charge in [-0.3, -0.25) is 4.79 Å². The second kappa shape index (κ2) is 8.11. The van der Waals surface area contributed by atoms with E-state index in [4.69, 9.17) is 0 Å². The standard InChI is InChI=1S/C18H20BrFN2O/c1-12(2)17(22-14-6-4-3-5-7-14)11-21-18(23)15-9-8-13(20)10-16(15)19/h3-10,12,17,22H,11H2,1-2H3,(H,21,23). The van der Waals surface area contributed by atoms with E-state index >= 15 is 0 Å². The number of halogens is 2. The third-order valence-electron chi connectivity index (χ3n) is 3.59. The fraction of sp³-hybridized carbons (Fsp3) is 0.278. The Morgan fingerprint density at radius 2 is 1.87 bits per heavy atom. The van der Waals surface area contributed by atoms with Gasteiger partial charge in [-0.2, -0.15) is 0 Å². The Kier molecular flexibility index (Phi) is 6.16. The molecule has 1 unspecified atom stereocenters. The van der Waals surface area contributed by atoms with Crippen LogP contribution in [0.1, 0.15) is 24.2 Å². The summed E-state index contributed by atoms with van der Waals surface area (Å²) >= 11 is 3.22. The van der Waals surface area contributed by atoms with Crippen LogP contribution in [0.3, 0.4) is 0 Å². The van der Waals surface area contributed by atoms with Crippen molar-refractivity contribution in [1.82, 2.24) is 5.32 Å². The van der Waals surface area contributed by atoms with Crippen molar-refractivity contribution >= 4 is 27.5 Å². The Hall–Kier alpha value is -1.88. The fourth-order valence-electron chi connectivity index (χ4n) is 2.17. The topological polar surface area (TPSA) is 41.1 Å². The van der Waals surface area contributed by atoms with Crippen molar-refractivity contribution in [3.05, 3.63) is 64.4 Å². The first kappa shape index (κ1) is 17.5. The molecule has 3 nitrogen and oxygen atoms in total. The van der Waals surface area contributed by atoms with E-state index in [2.05, 4.69) is 40.4 Å². The number of benzene rings is 2. The number of anilines is 1. The number of hydrogen-bond donors (Lipinski definition) is 2. The summed E-state index contributed by atoms with van der Waals surface area (Å²) in [5, 5.41) is 6.33. The lowest BCUT2D eigenvalue weighted by atomic mass is 10.0. The lowest BCUT2D eigenvalue weighted by molar-refractivity contribution is 0.0949. The smallest absolute Gasteiger partial charge is 0.252 e. The maximum atomic E-state index is 13.1. The summed E-state index contributed by atoms with van der Waals surface area (Å²) in [6.45, 7) is 4.68. The zero-order valence-corrected chi connectivity index (χ0v) is 14.7. The maximum absolute atomic E-state index is 13.1. The number of hydrogen-bond acceptors (Lipinski definition) is 2. The van der Waals surface area contributed by atoms with Gasteiger partial charge in [-0.1, -0.05) is 32.0 Å². The SMILES string of the molecule is CC(C)C(CNC(=O)c1ccc(F)cc1Br)Nc1ccccc1. The molecule has 0 aliphatic carbocycles. The average molecular weight is 379 g/mol. The van der Waals surface area contributed by atoms with Crippen LogP contribution in [0.25, 0.3) is 0 Å². The molecule has 122 valence electrons. The van der Waals surface area contributed by atoms with E-state index in [1.54, 1.807) is 0 Å². The Bertz CT molecular complexity index is 661. The molecule has 2 aromatic carbocycles. The predicted molar refractivity (Wildman–Crippen MR) is 95.1 cm³/mol. The van der Waals surface area contributed by atoms with Crippen LogP contribution >= 0.6 is 15.9 Å². The number of carbonyl (C=O) groups is 1. The largest absolute Gasteiger partial charge is 0.380 e. The van der Waals surface area contributed by atoms with Crippen LogP contribution in [0.2, 0.25) is 0 Å². The molecule has 2 rings (SSSR count). The van der Waals surface area contributed by atoms with Crippen molar-refractivity contribution in [1.29, 1.82) is 0 Å². The molecule has 0 heterocycles. The minimum Gasteiger partial charge on any atom is -0.380 e. The zero-order valence-electron chi connectivity index (χ0n) is 13.1. The summed E-state index contributed by atoms with van der Waals surface area (Å²) in [5.74, 6) is -0.260. The van der Waals surface area contributed by atoms with Crippen molar-refractivity contribution in [2.45, 2.75) is 19.9 Å². The van der Waals surface area contributed by atoms with Gasteiger partial charge in [0.2, 0.25) is 0 Å². The first-order valence-corrected chi connectivity index (χ1v) is 8.31. The van der Waals surface area contributed by atoms with E-state index in [1.165, 1.54) is 18.2 Å². The van der Waals surface area contributed by atoms with Gasteiger partial charge in [-0.05, 0) is 52.2 Å². The van der Waals surface area contributed by atoms with Crippen molar-refractivity contribution in [2.24, 2.45) is 5.92 Å². The quantitative estimate of drug-likeness (QED) is 0.779.